The van der Waals surface area contributed by atoms with Gasteiger partial charge in [-0.25, -0.2) is 4.79 Å². The van der Waals surface area contributed by atoms with Crippen molar-refractivity contribution in [1.82, 2.24) is 15.0 Å². The van der Waals surface area contributed by atoms with Crippen molar-refractivity contribution in [3.05, 3.63) is 65.9 Å². The lowest BCUT2D eigenvalue weighted by Gasteiger charge is -1.99. The first-order chi connectivity index (χ1) is 11.2. The molecule has 23 heavy (non-hydrogen) atoms. The standard InChI is InChI=1S/C17H13N3O3/c1-23-17(22)16-15(13-5-3-2-4-6-13)18-20(19-16)14-9-7-12(11-21)8-10-14/h2-11H,1H3. The van der Waals surface area contributed by atoms with E-state index in [1.165, 1.54) is 11.9 Å². The number of benzene rings is 2. The van der Waals surface area contributed by atoms with Gasteiger partial charge in [0.05, 0.1) is 12.8 Å². The van der Waals surface area contributed by atoms with Crippen LogP contribution in [0, 0.1) is 0 Å². The molecule has 0 amide bonds. The quantitative estimate of drug-likeness (QED) is 0.547. The fraction of sp³-hybridized carbons (Fsp3) is 0.0588. The van der Waals surface area contributed by atoms with Crippen LogP contribution in [-0.4, -0.2) is 34.4 Å². The molecule has 0 bridgehead atoms. The molecule has 0 fully saturated rings. The highest BCUT2D eigenvalue weighted by atomic mass is 16.5. The molecule has 1 heterocycles. The summed E-state index contributed by atoms with van der Waals surface area (Å²) in [6, 6.07) is 16.0. The Bertz CT molecular complexity index is 839. The van der Waals surface area contributed by atoms with E-state index < -0.39 is 5.97 Å². The van der Waals surface area contributed by atoms with Gasteiger partial charge < -0.3 is 4.74 Å². The van der Waals surface area contributed by atoms with Crippen LogP contribution in [0.3, 0.4) is 0 Å². The number of carbonyl (C=O) groups excluding carboxylic acids is 2. The van der Waals surface area contributed by atoms with Gasteiger partial charge in [0.1, 0.15) is 12.0 Å². The van der Waals surface area contributed by atoms with Gasteiger partial charge in [0, 0.05) is 11.1 Å². The molecule has 0 saturated carbocycles. The predicted octanol–water partition coefficient (Wildman–Crippen LogP) is 2.53. The van der Waals surface area contributed by atoms with E-state index in [4.69, 9.17) is 4.74 Å². The molecule has 0 N–H and O–H groups in total. The van der Waals surface area contributed by atoms with Crippen LogP contribution in [0.4, 0.5) is 0 Å². The molecule has 0 aliphatic carbocycles. The average Bonchev–Trinajstić information content (AvgIpc) is 3.07. The van der Waals surface area contributed by atoms with Crippen molar-refractivity contribution in [2.24, 2.45) is 0 Å². The minimum absolute atomic E-state index is 0.137. The molecular formula is C17H13N3O3. The number of esters is 1. The van der Waals surface area contributed by atoms with Crippen molar-refractivity contribution in [2.75, 3.05) is 7.11 Å². The Labute approximate surface area is 132 Å². The summed E-state index contributed by atoms with van der Waals surface area (Å²) in [5.74, 6) is -0.556. The van der Waals surface area contributed by atoms with Crippen molar-refractivity contribution < 1.29 is 14.3 Å². The second-order valence-electron chi connectivity index (χ2n) is 4.75. The van der Waals surface area contributed by atoms with E-state index in [-0.39, 0.29) is 5.69 Å². The Hall–Kier alpha value is -3.28. The van der Waals surface area contributed by atoms with Crippen LogP contribution in [0.25, 0.3) is 16.9 Å². The Balaban J connectivity index is 2.10. The van der Waals surface area contributed by atoms with E-state index in [1.807, 2.05) is 30.3 Å². The van der Waals surface area contributed by atoms with E-state index in [1.54, 1.807) is 24.3 Å². The molecule has 0 unspecified atom stereocenters. The molecule has 6 heteroatoms. The number of rotatable bonds is 4. The lowest BCUT2D eigenvalue weighted by Crippen LogP contribution is -2.05. The van der Waals surface area contributed by atoms with Crippen LogP contribution >= 0.6 is 0 Å². The first-order valence-corrected chi connectivity index (χ1v) is 6.89. The summed E-state index contributed by atoms with van der Waals surface area (Å²) in [4.78, 5) is 24.0. The zero-order chi connectivity index (χ0) is 16.2. The summed E-state index contributed by atoms with van der Waals surface area (Å²) in [5, 5.41) is 8.62. The molecule has 6 nitrogen and oxygen atoms in total. The van der Waals surface area contributed by atoms with Crippen molar-refractivity contribution in [3.63, 3.8) is 0 Å². The molecule has 0 radical (unpaired) electrons. The van der Waals surface area contributed by atoms with Gasteiger partial charge in [0.15, 0.2) is 5.69 Å². The van der Waals surface area contributed by atoms with Crippen LogP contribution in [-0.2, 0) is 4.74 Å². The molecule has 0 saturated heterocycles. The Morgan fingerprint density at radius 1 is 1.04 bits per heavy atom. The number of carbonyl (C=O) groups is 2. The lowest BCUT2D eigenvalue weighted by molar-refractivity contribution is 0.0594. The fourth-order valence-electron chi connectivity index (χ4n) is 2.13. The van der Waals surface area contributed by atoms with Crippen molar-refractivity contribution in [1.29, 1.82) is 0 Å². The molecule has 0 atom stereocenters. The van der Waals surface area contributed by atoms with Crippen LogP contribution in [0.5, 0.6) is 0 Å². The zero-order valence-electron chi connectivity index (χ0n) is 12.3. The van der Waals surface area contributed by atoms with Crippen molar-refractivity contribution in [2.45, 2.75) is 0 Å². The zero-order valence-corrected chi connectivity index (χ0v) is 12.3. The molecule has 3 aromatic rings. The predicted molar refractivity (Wildman–Crippen MR) is 83.5 cm³/mol. The third-order valence-corrected chi connectivity index (χ3v) is 3.30. The first-order valence-electron chi connectivity index (χ1n) is 6.89. The van der Waals surface area contributed by atoms with E-state index in [0.717, 1.165) is 11.8 Å². The van der Waals surface area contributed by atoms with Gasteiger partial charge in [-0.3, -0.25) is 4.79 Å². The van der Waals surface area contributed by atoms with Crippen LogP contribution < -0.4 is 0 Å². The minimum atomic E-state index is -0.556. The maximum Gasteiger partial charge on any atom is 0.360 e. The van der Waals surface area contributed by atoms with Crippen LogP contribution in [0.15, 0.2) is 54.6 Å². The normalized spacial score (nSPS) is 10.3. The number of hydrogen-bond acceptors (Lipinski definition) is 5. The van der Waals surface area contributed by atoms with Gasteiger partial charge in [-0.2, -0.15) is 4.80 Å². The summed E-state index contributed by atoms with van der Waals surface area (Å²) in [5.41, 5.74) is 2.54. The first kappa shape index (κ1) is 14.6. The largest absolute Gasteiger partial charge is 0.464 e. The molecule has 1 aromatic heterocycles. The second-order valence-corrected chi connectivity index (χ2v) is 4.75. The SMILES string of the molecule is COC(=O)c1nn(-c2ccc(C=O)cc2)nc1-c1ccccc1. The number of aromatic nitrogens is 3. The molecule has 3 rings (SSSR count). The summed E-state index contributed by atoms with van der Waals surface area (Å²) < 4.78 is 4.78. The smallest absolute Gasteiger partial charge is 0.360 e. The van der Waals surface area contributed by atoms with Crippen LogP contribution in [0.2, 0.25) is 0 Å². The molecule has 114 valence electrons. The van der Waals surface area contributed by atoms with E-state index in [2.05, 4.69) is 10.2 Å². The molecule has 0 aliphatic rings. The maximum atomic E-state index is 12.0. The van der Waals surface area contributed by atoms with Gasteiger partial charge in [-0.15, -0.1) is 10.2 Å². The summed E-state index contributed by atoms with van der Waals surface area (Å²) in [7, 11) is 1.30. The number of nitrogens with zero attached hydrogens (tertiary/aromatic N) is 3. The topological polar surface area (TPSA) is 74.1 Å². The molecule has 0 aliphatic heterocycles. The fourth-order valence-corrected chi connectivity index (χ4v) is 2.13. The van der Waals surface area contributed by atoms with Gasteiger partial charge in [0.25, 0.3) is 0 Å². The highest BCUT2D eigenvalue weighted by molar-refractivity contribution is 5.93. The van der Waals surface area contributed by atoms with Gasteiger partial charge >= 0.3 is 5.97 Å². The van der Waals surface area contributed by atoms with Gasteiger partial charge in [-0.1, -0.05) is 30.3 Å². The maximum absolute atomic E-state index is 12.0. The third-order valence-electron chi connectivity index (χ3n) is 3.30. The number of hydrogen-bond donors (Lipinski definition) is 0. The van der Waals surface area contributed by atoms with Gasteiger partial charge in [0.2, 0.25) is 0 Å². The summed E-state index contributed by atoms with van der Waals surface area (Å²) in [6.45, 7) is 0. The molecule has 2 aromatic carbocycles. The number of ether oxygens (including phenoxy) is 1. The Morgan fingerprint density at radius 3 is 2.35 bits per heavy atom. The van der Waals surface area contributed by atoms with E-state index >= 15 is 0 Å². The Morgan fingerprint density at radius 2 is 1.74 bits per heavy atom. The third kappa shape index (κ3) is 2.87. The summed E-state index contributed by atoms with van der Waals surface area (Å²) >= 11 is 0. The molecular weight excluding hydrogens is 294 g/mol. The minimum Gasteiger partial charge on any atom is -0.464 e. The second kappa shape index (κ2) is 6.23. The number of methoxy groups -OCH3 is 1. The average molecular weight is 307 g/mol. The van der Waals surface area contributed by atoms with Crippen molar-refractivity contribution >= 4 is 12.3 Å². The highest BCUT2D eigenvalue weighted by Crippen LogP contribution is 2.22. The lowest BCUT2D eigenvalue weighted by atomic mass is 10.1. The van der Waals surface area contributed by atoms with Crippen LogP contribution in [0.1, 0.15) is 20.8 Å². The van der Waals surface area contributed by atoms with Crippen molar-refractivity contribution in [3.8, 4) is 16.9 Å². The summed E-state index contributed by atoms with van der Waals surface area (Å²) in [6.07, 6.45) is 0.759. The van der Waals surface area contributed by atoms with E-state index in [0.29, 0.717) is 16.9 Å². The van der Waals surface area contributed by atoms with E-state index in [9.17, 15) is 9.59 Å². The Kier molecular flexibility index (Phi) is 3.97. The monoisotopic (exact) mass is 307 g/mol. The number of aldehydes is 1. The highest BCUT2D eigenvalue weighted by Gasteiger charge is 2.21. The van der Waals surface area contributed by atoms with Gasteiger partial charge in [-0.05, 0) is 24.3 Å². The molecule has 0 spiro atoms.